The zero-order valence-electron chi connectivity index (χ0n) is 13.0. The Bertz CT molecular complexity index is 343. The molecule has 2 rings (SSSR count). The van der Waals surface area contributed by atoms with Crippen molar-refractivity contribution in [3.05, 3.63) is 12.2 Å². The number of piperazine rings is 1. The molecular formula is C16H29N3O. The fraction of sp³-hybridized carbons (Fsp3) is 0.812. The van der Waals surface area contributed by atoms with Gasteiger partial charge in [0, 0.05) is 52.2 Å². The lowest BCUT2D eigenvalue weighted by molar-refractivity contribution is -0.119. The van der Waals surface area contributed by atoms with E-state index in [0.29, 0.717) is 6.04 Å². The van der Waals surface area contributed by atoms with E-state index in [4.69, 9.17) is 0 Å². The van der Waals surface area contributed by atoms with Gasteiger partial charge >= 0.3 is 0 Å². The van der Waals surface area contributed by atoms with Crippen molar-refractivity contribution in [2.45, 2.75) is 39.2 Å². The minimum Gasteiger partial charge on any atom is -0.355 e. The van der Waals surface area contributed by atoms with Crippen molar-refractivity contribution in [3.63, 3.8) is 0 Å². The van der Waals surface area contributed by atoms with E-state index in [2.05, 4.69) is 34.2 Å². The molecule has 1 aliphatic carbocycles. The normalized spacial score (nSPS) is 28.5. The molecule has 114 valence electrons. The number of carbonyl (C=O) groups excluding carboxylic acids is 1. The third-order valence-corrected chi connectivity index (χ3v) is 4.47. The van der Waals surface area contributed by atoms with Crippen LogP contribution in [0.4, 0.5) is 0 Å². The number of rotatable bonds is 5. The summed E-state index contributed by atoms with van der Waals surface area (Å²) in [6.45, 7) is 10.3. The minimum atomic E-state index is 0.0698. The molecule has 20 heavy (non-hydrogen) atoms. The number of hydrogen-bond acceptors (Lipinski definition) is 3. The lowest BCUT2D eigenvalue weighted by Gasteiger charge is -2.41. The Balaban J connectivity index is 1.69. The number of allylic oxidation sites excluding steroid dienone is 1. The van der Waals surface area contributed by atoms with Gasteiger partial charge < -0.3 is 5.32 Å². The Morgan fingerprint density at radius 1 is 1.40 bits per heavy atom. The van der Waals surface area contributed by atoms with Crippen LogP contribution in [-0.2, 0) is 4.79 Å². The standard InChI is InChI=1S/C16H29N3O/c1-14-12-18(13-16-6-4-3-5-7-16)10-11-19(14)9-8-17-15(2)20/h4,6,14,16H,3,5,7-13H2,1-2H3,(H,17,20). The molecule has 1 N–H and O–H groups in total. The zero-order valence-corrected chi connectivity index (χ0v) is 13.0. The van der Waals surface area contributed by atoms with E-state index in [1.165, 1.54) is 25.8 Å². The Labute approximate surface area is 123 Å². The molecule has 0 bridgehead atoms. The first kappa shape index (κ1) is 15.5. The summed E-state index contributed by atoms with van der Waals surface area (Å²) in [6, 6.07) is 0.588. The van der Waals surface area contributed by atoms with Crippen molar-refractivity contribution >= 4 is 5.91 Å². The fourth-order valence-electron chi connectivity index (χ4n) is 3.31. The van der Waals surface area contributed by atoms with Gasteiger partial charge in [-0.3, -0.25) is 14.6 Å². The maximum Gasteiger partial charge on any atom is 0.216 e. The summed E-state index contributed by atoms with van der Waals surface area (Å²) in [5, 5.41) is 2.89. The Hall–Kier alpha value is -0.870. The fourth-order valence-corrected chi connectivity index (χ4v) is 3.31. The second-order valence-corrected chi connectivity index (χ2v) is 6.25. The molecule has 2 aliphatic rings. The second kappa shape index (κ2) is 7.79. The monoisotopic (exact) mass is 279 g/mol. The average molecular weight is 279 g/mol. The smallest absolute Gasteiger partial charge is 0.216 e. The summed E-state index contributed by atoms with van der Waals surface area (Å²) < 4.78 is 0. The number of hydrogen-bond donors (Lipinski definition) is 1. The van der Waals surface area contributed by atoms with E-state index in [1.54, 1.807) is 6.92 Å². The van der Waals surface area contributed by atoms with Gasteiger partial charge in [0.15, 0.2) is 0 Å². The van der Waals surface area contributed by atoms with Crippen molar-refractivity contribution < 1.29 is 4.79 Å². The molecule has 0 aromatic heterocycles. The van der Waals surface area contributed by atoms with Crippen molar-refractivity contribution in [2.24, 2.45) is 5.92 Å². The van der Waals surface area contributed by atoms with Crippen LogP contribution in [0.5, 0.6) is 0 Å². The first-order chi connectivity index (χ1) is 9.65. The highest BCUT2D eigenvalue weighted by Gasteiger charge is 2.24. The average Bonchev–Trinajstić information content (AvgIpc) is 2.42. The zero-order chi connectivity index (χ0) is 14.4. The maximum atomic E-state index is 10.9. The molecular weight excluding hydrogens is 250 g/mol. The highest BCUT2D eigenvalue weighted by atomic mass is 16.1. The van der Waals surface area contributed by atoms with Crippen LogP contribution in [0, 0.1) is 5.92 Å². The minimum absolute atomic E-state index is 0.0698. The van der Waals surface area contributed by atoms with Crippen LogP contribution >= 0.6 is 0 Å². The predicted molar refractivity (Wildman–Crippen MR) is 82.6 cm³/mol. The van der Waals surface area contributed by atoms with Gasteiger partial charge in [0.1, 0.15) is 0 Å². The van der Waals surface area contributed by atoms with Crippen LogP contribution in [0.25, 0.3) is 0 Å². The first-order valence-electron chi connectivity index (χ1n) is 8.02. The molecule has 1 heterocycles. The molecule has 0 spiro atoms. The van der Waals surface area contributed by atoms with Gasteiger partial charge in [0.05, 0.1) is 0 Å². The van der Waals surface area contributed by atoms with Gasteiger partial charge in [-0.05, 0) is 32.1 Å². The summed E-state index contributed by atoms with van der Waals surface area (Å²) >= 11 is 0. The maximum absolute atomic E-state index is 10.9. The number of nitrogens with one attached hydrogen (secondary N) is 1. The van der Waals surface area contributed by atoms with Crippen molar-refractivity contribution in [1.29, 1.82) is 0 Å². The molecule has 2 atom stereocenters. The quantitative estimate of drug-likeness (QED) is 0.775. The summed E-state index contributed by atoms with van der Waals surface area (Å²) in [6.07, 6.45) is 8.74. The Kier molecular flexibility index (Phi) is 6.05. The molecule has 1 amide bonds. The lowest BCUT2D eigenvalue weighted by atomic mass is 9.95. The molecule has 2 unspecified atom stereocenters. The van der Waals surface area contributed by atoms with Crippen LogP contribution < -0.4 is 5.32 Å². The van der Waals surface area contributed by atoms with Gasteiger partial charge in [-0.25, -0.2) is 0 Å². The van der Waals surface area contributed by atoms with Crippen LogP contribution in [0.15, 0.2) is 12.2 Å². The van der Waals surface area contributed by atoms with E-state index in [0.717, 1.165) is 38.6 Å². The molecule has 0 saturated carbocycles. The molecule has 0 aromatic rings. The van der Waals surface area contributed by atoms with E-state index in [-0.39, 0.29) is 5.91 Å². The van der Waals surface area contributed by atoms with Gasteiger partial charge in [0.25, 0.3) is 0 Å². The topological polar surface area (TPSA) is 35.6 Å². The molecule has 0 radical (unpaired) electrons. The highest BCUT2D eigenvalue weighted by Crippen LogP contribution is 2.19. The lowest BCUT2D eigenvalue weighted by Crippen LogP contribution is -2.54. The Morgan fingerprint density at radius 3 is 2.90 bits per heavy atom. The number of nitrogens with zero attached hydrogens (tertiary/aromatic N) is 2. The summed E-state index contributed by atoms with van der Waals surface area (Å²) in [5.41, 5.74) is 0. The van der Waals surface area contributed by atoms with E-state index in [9.17, 15) is 4.79 Å². The van der Waals surface area contributed by atoms with Gasteiger partial charge in [-0.2, -0.15) is 0 Å². The third-order valence-electron chi connectivity index (χ3n) is 4.47. The largest absolute Gasteiger partial charge is 0.355 e. The van der Waals surface area contributed by atoms with Gasteiger partial charge in [-0.1, -0.05) is 12.2 Å². The molecule has 0 aromatic carbocycles. The summed E-state index contributed by atoms with van der Waals surface area (Å²) in [5.74, 6) is 0.835. The molecule has 4 heteroatoms. The van der Waals surface area contributed by atoms with Crippen molar-refractivity contribution in [2.75, 3.05) is 39.3 Å². The number of amides is 1. The molecule has 1 saturated heterocycles. The summed E-state index contributed by atoms with van der Waals surface area (Å²) in [4.78, 5) is 16.0. The van der Waals surface area contributed by atoms with Crippen LogP contribution in [0.2, 0.25) is 0 Å². The van der Waals surface area contributed by atoms with Crippen molar-refractivity contribution in [1.82, 2.24) is 15.1 Å². The van der Waals surface area contributed by atoms with Crippen LogP contribution in [0.1, 0.15) is 33.1 Å². The van der Waals surface area contributed by atoms with E-state index < -0.39 is 0 Å². The second-order valence-electron chi connectivity index (χ2n) is 6.25. The van der Waals surface area contributed by atoms with Gasteiger partial charge in [0.2, 0.25) is 5.91 Å². The third kappa shape index (κ3) is 4.91. The molecule has 1 fully saturated rings. The van der Waals surface area contributed by atoms with E-state index in [1.807, 2.05) is 0 Å². The predicted octanol–water partition coefficient (Wildman–Crippen LogP) is 1.48. The SMILES string of the molecule is CC(=O)NCCN1CCN(CC2C=CCCC2)CC1C. The van der Waals surface area contributed by atoms with Gasteiger partial charge in [-0.15, -0.1) is 0 Å². The summed E-state index contributed by atoms with van der Waals surface area (Å²) in [7, 11) is 0. The molecule has 1 aliphatic heterocycles. The highest BCUT2D eigenvalue weighted by molar-refractivity contribution is 5.72. The van der Waals surface area contributed by atoms with E-state index >= 15 is 0 Å². The first-order valence-corrected chi connectivity index (χ1v) is 8.02. The number of carbonyl (C=O) groups is 1. The van der Waals surface area contributed by atoms with Crippen LogP contribution in [0.3, 0.4) is 0 Å². The molecule has 4 nitrogen and oxygen atoms in total. The van der Waals surface area contributed by atoms with Crippen molar-refractivity contribution in [3.8, 4) is 0 Å². The Morgan fingerprint density at radius 2 is 2.25 bits per heavy atom. The van der Waals surface area contributed by atoms with Crippen LogP contribution in [-0.4, -0.2) is 61.0 Å².